The molecule has 0 radical (unpaired) electrons. The summed E-state index contributed by atoms with van der Waals surface area (Å²) in [6.07, 6.45) is 0.846. The highest BCUT2D eigenvalue weighted by Gasteiger charge is 2.37. The number of likely N-dealkylation sites (N-methyl/N-ethyl adjacent to an activating group) is 1. The average molecular weight is 379 g/mol. The van der Waals surface area contributed by atoms with Gasteiger partial charge >= 0.3 is 0 Å². The van der Waals surface area contributed by atoms with Crippen LogP contribution in [0.5, 0.6) is 17.2 Å². The lowest BCUT2D eigenvalue weighted by molar-refractivity contribution is 0.171. The van der Waals surface area contributed by atoms with Crippen LogP contribution in [-0.4, -0.2) is 42.6 Å². The molecule has 3 heterocycles. The highest BCUT2D eigenvalue weighted by Crippen LogP contribution is 2.51. The van der Waals surface area contributed by atoms with Crippen molar-refractivity contribution in [1.29, 1.82) is 0 Å². The number of nitrogens with one attached hydrogen (secondary N) is 2. The van der Waals surface area contributed by atoms with Gasteiger partial charge in [-0.1, -0.05) is 30.3 Å². The first-order chi connectivity index (χ1) is 13.7. The summed E-state index contributed by atoms with van der Waals surface area (Å²) in [6.45, 7) is 0.994. The number of rotatable bonds is 3. The zero-order valence-corrected chi connectivity index (χ0v) is 15.7. The van der Waals surface area contributed by atoms with Gasteiger partial charge in [0.15, 0.2) is 11.5 Å². The summed E-state index contributed by atoms with van der Waals surface area (Å²) in [5, 5.41) is 5.84. The van der Waals surface area contributed by atoms with Crippen LogP contribution in [-0.2, 0) is 6.42 Å². The summed E-state index contributed by atoms with van der Waals surface area (Å²) in [5.74, 6) is 1.95. The van der Waals surface area contributed by atoms with E-state index in [1.54, 1.807) is 7.11 Å². The number of nitrogens with zero attached hydrogens (tertiary/aromatic N) is 1. The first-order valence-electron chi connectivity index (χ1n) is 9.24. The molecule has 0 bridgehead atoms. The number of hydrogen-bond acceptors (Lipinski definition) is 5. The molecule has 3 aromatic rings. The van der Waals surface area contributed by atoms with Gasteiger partial charge in [0.1, 0.15) is 0 Å². The minimum atomic E-state index is -0.265. The second kappa shape index (κ2) is 6.45. The highest BCUT2D eigenvalue weighted by atomic mass is 16.7. The Morgan fingerprint density at radius 1 is 1.14 bits per heavy atom. The predicted molar refractivity (Wildman–Crippen MR) is 104 cm³/mol. The maximum atomic E-state index is 12.9. The van der Waals surface area contributed by atoms with Crippen LogP contribution in [0.15, 0.2) is 41.2 Å². The van der Waals surface area contributed by atoms with Crippen LogP contribution in [0.4, 0.5) is 0 Å². The minimum Gasteiger partial charge on any atom is -0.492 e. The Morgan fingerprint density at radius 2 is 1.96 bits per heavy atom. The summed E-state index contributed by atoms with van der Waals surface area (Å²) in [5.41, 5.74) is 4.35. The van der Waals surface area contributed by atoms with Gasteiger partial charge in [0, 0.05) is 12.1 Å². The summed E-state index contributed by atoms with van der Waals surface area (Å²) in [4.78, 5) is 15.1. The molecule has 7 heteroatoms. The Kier molecular flexibility index (Phi) is 3.91. The van der Waals surface area contributed by atoms with E-state index < -0.39 is 0 Å². The molecule has 0 aliphatic carbocycles. The molecule has 0 saturated heterocycles. The van der Waals surface area contributed by atoms with Gasteiger partial charge in [-0.15, -0.1) is 0 Å². The van der Waals surface area contributed by atoms with Crippen LogP contribution < -0.4 is 19.8 Å². The third-order valence-corrected chi connectivity index (χ3v) is 5.55. The van der Waals surface area contributed by atoms with Crippen molar-refractivity contribution in [1.82, 2.24) is 15.1 Å². The average Bonchev–Trinajstić information content (AvgIpc) is 3.33. The number of aromatic nitrogens is 2. The van der Waals surface area contributed by atoms with E-state index in [1.807, 2.05) is 43.4 Å². The molecule has 28 heavy (non-hydrogen) atoms. The maximum Gasteiger partial charge on any atom is 0.269 e. The number of aromatic amines is 2. The van der Waals surface area contributed by atoms with E-state index in [1.165, 1.54) is 0 Å². The molecule has 7 nitrogen and oxygen atoms in total. The predicted octanol–water partition coefficient (Wildman–Crippen LogP) is 2.68. The fourth-order valence-corrected chi connectivity index (χ4v) is 4.26. The van der Waals surface area contributed by atoms with E-state index >= 15 is 0 Å². The summed E-state index contributed by atoms with van der Waals surface area (Å²) < 4.78 is 17.0. The standard InChI is InChI=1S/C21H21N3O4/c1-24-9-8-13-10-14-19(28-11-27-14)20(26-2)15(13)18(24)16-17(22-23-21(16)25)12-6-4-3-5-7-12/h3-7,10,18H,8-9,11H2,1-2H3,(H2,22,23,25)/t18-/m1/s1. The van der Waals surface area contributed by atoms with E-state index in [-0.39, 0.29) is 18.4 Å². The third kappa shape index (κ3) is 2.43. The number of benzene rings is 2. The molecular weight excluding hydrogens is 358 g/mol. The molecule has 0 unspecified atom stereocenters. The van der Waals surface area contributed by atoms with Gasteiger partial charge in [0.05, 0.1) is 24.4 Å². The van der Waals surface area contributed by atoms with Crippen LogP contribution in [0.2, 0.25) is 0 Å². The Morgan fingerprint density at radius 3 is 2.75 bits per heavy atom. The normalized spacial score (nSPS) is 18.1. The van der Waals surface area contributed by atoms with Crippen molar-refractivity contribution >= 4 is 0 Å². The van der Waals surface area contributed by atoms with Crippen molar-refractivity contribution in [3.05, 3.63) is 63.4 Å². The minimum absolute atomic E-state index is 0.136. The maximum absolute atomic E-state index is 12.9. The molecule has 5 rings (SSSR count). The molecule has 0 amide bonds. The summed E-state index contributed by atoms with van der Waals surface area (Å²) in [6, 6.07) is 11.6. The fourth-order valence-electron chi connectivity index (χ4n) is 4.26. The highest BCUT2D eigenvalue weighted by molar-refractivity contribution is 5.68. The van der Waals surface area contributed by atoms with Gasteiger partial charge in [-0.2, -0.15) is 0 Å². The lowest BCUT2D eigenvalue weighted by Gasteiger charge is -2.35. The molecule has 2 N–H and O–H groups in total. The number of methoxy groups -OCH3 is 1. The molecule has 2 aliphatic heterocycles. The summed E-state index contributed by atoms with van der Waals surface area (Å²) >= 11 is 0. The quantitative estimate of drug-likeness (QED) is 0.731. The van der Waals surface area contributed by atoms with Crippen LogP contribution in [0.25, 0.3) is 11.3 Å². The van der Waals surface area contributed by atoms with Crippen LogP contribution >= 0.6 is 0 Å². The van der Waals surface area contributed by atoms with E-state index in [4.69, 9.17) is 14.2 Å². The Hall–Kier alpha value is -3.19. The zero-order chi connectivity index (χ0) is 19.3. The molecule has 1 aromatic heterocycles. The van der Waals surface area contributed by atoms with Crippen molar-refractivity contribution in [3.8, 4) is 28.5 Å². The molecule has 0 saturated carbocycles. The number of H-pyrrole nitrogens is 2. The second-order valence-corrected chi connectivity index (χ2v) is 7.08. The van der Waals surface area contributed by atoms with E-state index in [2.05, 4.69) is 15.1 Å². The van der Waals surface area contributed by atoms with E-state index in [0.717, 1.165) is 35.3 Å². The molecule has 2 aliphatic rings. The zero-order valence-electron chi connectivity index (χ0n) is 15.7. The first-order valence-corrected chi connectivity index (χ1v) is 9.24. The van der Waals surface area contributed by atoms with E-state index in [0.29, 0.717) is 22.8 Å². The lowest BCUT2D eigenvalue weighted by atomic mass is 9.86. The largest absolute Gasteiger partial charge is 0.492 e. The third-order valence-electron chi connectivity index (χ3n) is 5.55. The van der Waals surface area contributed by atoms with Gasteiger partial charge in [-0.3, -0.25) is 19.9 Å². The summed E-state index contributed by atoms with van der Waals surface area (Å²) in [7, 11) is 3.65. The Balaban J connectivity index is 1.76. The molecular formula is C21H21N3O4. The van der Waals surface area contributed by atoms with Crippen molar-refractivity contribution in [2.45, 2.75) is 12.5 Å². The van der Waals surface area contributed by atoms with Crippen molar-refractivity contribution < 1.29 is 14.2 Å². The van der Waals surface area contributed by atoms with Gasteiger partial charge in [-0.05, 0) is 30.7 Å². The SMILES string of the molecule is COc1c2c(cc3c1[C@H](c1c(-c4ccccc4)[nH][nH]c1=O)N(C)CC3)OCO2. The lowest BCUT2D eigenvalue weighted by Crippen LogP contribution is -2.35. The van der Waals surface area contributed by atoms with Crippen molar-refractivity contribution in [3.63, 3.8) is 0 Å². The monoisotopic (exact) mass is 379 g/mol. The van der Waals surface area contributed by atoms with Gasteiger partial charge in [0.2, 0.25) is 12.5 Å². The molecule has 144 valence electrons. The fraction of sp³-hybridized carbons (Fsp3) is 0.286. The number of fused-ring (bicyclic) bond motifs is 2. The topological polar surface area (TPSA) is 79.6 Å². The number of ether oxygens (including phenoxy) is 3. The van der Waals surface area contributed by atoms with Crippen LogP contribution in [0, 0.1) is 0 Å². The van der Waals surface area contributed by atoms with Gasteiger partial charge in [-0.25, -0.2) is 0 Å². The van der Waals surface area contributed by atoms with Crippen molar-refractivity contribution in [2.24, 2.45) is 0 Å². The Bertz CT molecular complexity index is 1090. The van der Waals surface area contributed by atoms with Gasteiger partial charge in [0.25, 0.3) is 5.56 Å². The smallest absolute Gasteiger partial charge is 0.269 e. The van der Waals surface area contributed by atoms with E-state index in [9.17, 15) is 4.79 Å². The number of hydrogen-bond donors (Lipinski definition) is 2. The Labute approximate surface area is 161 Å². The second-order valence-electron chi connectivity index (χ2n) is 7.08. The molecule has 0 fully saturated rings. The van der Waals surface area contributed by atoms with Gasteiger partial charge < -0.3 is 14.2 Å². The first kappa shape index (κ1) is 16.9. The molecule has 2 aromatic carbocycles. The van der Waals surface area contributed by atoms with Crippen molar-refractivity contribution in [2.75, 3.05) is 27.5 Å². The van der Waals surface area contributed by atoms with Crippen LogP contribution in [0.1, 0.15) is 22.7 Å². The molecule has 1 atom stereocenters. The molecule has 0 spiro atoms. The van der Waals surface area contributed by atoms with Crippen LogP contribution in [0.3, 0.4) is 0 Å².